The molecule has 46 valence electrons. The summed E-state index contributed by atoms with van der Waals surface area (Å²) in [4.78, 5) is 0. The van der Waals surface area contributed by atoms with Crippen molar-refractivity contribution in [2.24, 2.45) is 5.41 Å². The highest BCUT2D eigenvalue weighted by Gasteiger charge is 2.49. The summed E-state index contributed by atoms with van der Waals surface area (Å²) in [5, 5.41) is 3.40. The molecule has 1 saturated heterocycles. The van der Waals surface area contributed by atoms with Crippen LogP contribution in [0.5, 0.6) is 0 Å². The number of nitrogens with one attached hydrogen (secondary N) is 1. The van der Waals surface area contributed by atoms with E-state index in [1.54, 1.807) is 0 Å². The van der Waals surface area contributed by atoms with Crippen LogP contribution in [-0.4, -0.2) is 18.7 Å². The van der Waals surface area contributed by atoms with Crippen molar-refractivity contribution < 1.29 is 0 Å². The number of rotatable bonds is 0. The van der Waals surface area contributed by atoms with E-state index in [1.807, 2.05) is 0 Å². The number of hydrogen-bond acceptors (Lipinski definition) is 1. The van der Waals surface area contributed by atoms with Gasteiger partial charge in [-0.3, -0.25) is 0 Å². The molecule has 1 nitrogen and oxygen atoms in total. The fraction of sp³-hybridized carbons (Fsp3) is 1.00. The van der Waals surface area contributed by atoms with Crippen molar-refractivity contribution in [1.82, 2.24) is 5.32 Å². The zero-order valence-electron chi connectivity index (χ0n) is 4.98. The maximum Gasteiger partial charge on any atom is 0.00202 e. The Balaban J connectivity index is 2.12. The Kier molecular flexibility index (Phi) is 0.947. The van der Waals surface area contributed by atoms with Gasteiger partial charge < -0.3 is 5.32 Å². The number of hydrogen-bond donors (Lipinski definition) is 1. The molecule has 0 amide bonds. The van der Waals surface area contributed by atoms with Gasteiger partial charge in [0.15, 0.2) is 0 Å². The summed E-state index contributed by atoms with van der Waals surface area (Å²) in [6.45, 7) is 2.51. The van der Waals surface area contributed by atoms with Crippen molar-refractivity contribution in [3.8, 4) is 0 Å². The second-order valence-electron chi connectivity index (χ2n) is 3.10. The molecule has 2 atom stereocenters. The van der Waals surface area contributed by atoms with Crippen LogP contribution in [0.1, 0.15) is 12.8 Å². The van der Waals surface area contributed by atoms with E-state index in [0.29, 0.717) is 0 Å². The van der Waals surface area contributed by atoms with Gasteiger partial charge in [0.05, 0.1) is 0 Å². The molecule has 1 aliphatic heterocycles. The Bertz CT molecular complexity index is 109. The van der Waals surface area contributed by atoms with Crippen LogP contribution < -0.4 is 5.32 Å². The molecule has 2 aliphatic rings. The standard InChI is InChI=1S/C6H12NP/c8-5-3-7-4-6(5)1-2-6/h5,7H,1-4,8H2. The zero-order chi connectivity index (χ0) is 5.61. The molecule has 0 aromatic carbocycles. The van der Waals surface area contributed by atoms with E-state index in [4.69, 9.17) is 0 Å². The molecule has 1 aliphatic carbocycles. The van der Waals surface area contributed by atoms with Crippen molar-refractivity contribution in [3.63, 3.8) is 0 Å². The molecule has 1 heterocycles. The van der Waals surface area contributed by atoms with Gasteiger partial charge in [0.1, 0.15) is 0 Å². The molecular weight excluding hydrogens is 117 g/mol. The highest BCUT2D eigenvalue weighted by molar-refractivity contribution is 7.17. The van der Waals surface area contributed by atoms with Crippen LogP contribution in [0.4, 0.5) is 0 Å². The summed E-state index contributed by atoms with van der Waals surface area (Å²) in [5.74, 6) is 0. The van der Waals surface area contributed by atoms with Crippen LogP contribution in [0.15, 0.2) is 0 Å². The van der Waals surface area contributed by atoms with E-state index < -0.39 is 0 Å². The third kappa shape index (κ3) is 0.549. The van der Waals surface area contributed by atoms with Gasteiger partial charge in [0.2, 0.25) is 0 Å². The van der Waals surface area contributed by atoms with E-state index in [9.17, 15) is 0 Å². The lowest BCUT2D eigenvalue weighted by Crippen LogP contribution is -2.11. The molecule has 2 fully saturated rings. The average Bonchev–Trinajstić information content (AvgIpc) is 2.39. The van der Waals surface area contributed by atoms with Crippen LogP contribution >= 0.6 is 9.24 Å². The first-order chi connectivity index (χ1) is 3.83. The largest absolute Gasteiger partial charge is 0.316 e. The minimum absolute atomic E-state index is 0.755. The fourth-order valence-electron chi connectivity index (χ4n) is 1.53. The van der Waals surface area contributed by atoms with E-state index in [2.05, 4.69) is 14.6 Å². The maximum absolute atomic E-state index is 3.40. The highest BCUT2D eigenvalue weighted by atomic mass is 31.0. The second kappa shape index (κ2) is 1.46. The van der Waals surface area contributed by atoms with Crippen molar-refractivity contribution in [2.75, 3.05) is 13.1 Å². The Morgan fingerprint density at radius 3 is 2.50 bits per heavy atom. The maximum atomic E-state index is 3.40. The predicted molar refractivity (Wildman–Crippen MR) is 38.0 cm³/mol. The van der Waals surface area contributed by atoms with Crippen molar-refractivity contribution in [3.05, 3.63) is 0 Å². The molecule has 1 spiro atoms. The van der Waals surface area contributed by atoms with Gasteiger partial charge in [-0.05, 0) is 23.9 Å². The average molecular weight is 129 g/mol. The summed E-state index contributed by atoms with van der Waals surface area (Å²) in [6.07, 6.45) is 2.93. The van der Waals surface area contributed by atoms with Crippen LogP contribution in [-0.2, 0) is 0 Å². The molecule has 0 aromatic rings. The molecule has 1 N–H and O–H groups in total. The van der Waals surface area contributed by atoms with Crippen LogP contribution in [0, 0.1) is 5.41 Å². The van der Waals surface area contributed by atoms with E-state index in [0.717, 1.165) is 11.1 Å². The minimum Gasteiger partial charge on any atom is -0.316 e. The van der Waals surface area contributed by atoms with Crippen LogP contribution in [0.2, 0.25) is 0 Å². The Morgan fingerprint density at radius 2 is 2.25 bits per heavy atom. The summed E-state index contributed by atoms with van der Waals surface area (Å²) in [6, 6.07) is 0. The van der Waals surface area contributed by atoms with Gasteiger partial charge in [0, 0.05) is 13.1 Å². The molecule has 2 heteroatoms. The molecule has 0 radical (unpaired) electrons. The molecule has 8 heavy (non-hydrogen) atoms. The molecule has 2 rings (SSSR count). The van der Waals surface area contributed by atoms with E-state index >= 15 is 0 Å². The summed E-state index contributed by atoms with van der Waals surface area (Å²) in [7, 11) is 2.94. The topological polar surface area (TPSA) is 12.0 Å². The van der Waals surface area contributed by atoms with Gasteiger partial charge >= 0.3 is 0 Å². The first kappa shape index (κ1) is 5.20. The fourth-order valence-corrected chi connectivity index (χ4v) is 2.15. The van der Waals surface area contributed by atoms with E-state index in [-0.39, 0.29) is 0 Å². The molecule has 0 bridgehead atoms. The van der Waals surface area contributed by atoms with Gasteiger partial charge in [-0.1, -0.05) is 0 Å². The Labute approximate surface area is 52.4 Å². The van der Waals surface area contributed by atoms with Gasteiger partial charge in [0.25, 0.3) is 0 Å². The first-order valence-electron chi connectivity index (χ1n) is 3.30. The molecule has 0 aromatic heterocycles. The Morgan fingerprint density at radius 1 is 1.50 bits per heavy atom. The molecule has 1 saturated carbocycles. The third-order valence-corrected chi connectivity index (χ3v) is 3.46. The summed E-state index contributed by atoms with van der Waals surface area (Å²) >= 11 is 0. The smallest absolute Gasteiger partial charge is 0.00202 e. The quantitative estimate of drug-likeness (QED) is 0.472. The highest BCUT2D eigenvalue weighted by Crippen LogP contribution is 2.53. The normalized spacial score (nSPS) is 40.9. The zero-order valence-corrected chi connectivity index (χ0v) is 6.14. The lowest BCUT2D eigenvalue weighted by Gasteiger charge is -2.08. The first-order valence-corrected chi connectivity index (χ1v) is 3.96. The third-order valence-electron chi connectivity index (χ3n) is 2.52. The molecular formula is C6H12NP. The summed E-state index contributed by atoms with van der Waals surface area (Å²) in [5.41, 5.74) is 1.63. The SMILES string of the molecule is PC1CNCC12CC2. The second-order valence-corrected chi connectivity index (χ2v) is 3.90. The predicted octanol–water partition coefficient (Wildman–Crippen LogP) is 0.613. The van der Waals surface area contributed by atoms with Crippen molar-refractivity contribution in [1.29, 1.82) is 0 Å². The minimum atomic E-state index is 0.755. The van der Waals surface area contributed by atoms with E-state index in [1.165, 1.54) is 25.9 Å². The Hall–Kier alpha value is 0.390. The van der Waals surface area contributed by atoms with Crippen LogP contribution in [0.3, 0.4) is 0 Å². The van der Waals surface area contributed by atoms with Crippen LogP contribution in [0.25, 0.3) is 0 Å². The van der Waals surface area contributed by atoms with Gasteiger partial charge in [-0.25, -0.2) is 0 Å². The summed E-state index contributed by atoms with van der Waals surface area (Å²) < 4.78 is 0. The monoisotopic (exact) mass is 129 g/mol. The van der Waals surface area contributed by atoms with Crippen molar-refractivity contribution >= 4 is 9.24 Å². The van der Waals surface area contributed by atoms with Crippen molar-refractivity contribution in [2.45, 2.75) is 18.5 Å². The molecule has 2 unspecified atom stereocenters. The lowest BCUT2D eigenvalue weighted by molar-refractivity contribution is 0.585. The lowest BCUT2D eigenvalue weighted by atomic mass is 10.1. The van der Waals surface area contributed by atoms with Gasteiger partial charge in [-0.15, -0.1) is 9.24 Å². The van der Waals surface area contributed by atoms with Gasteiger partial charge in [-0.2, -0.15) is 0 Å².